The maximum Gasteiger partial charge on any atom is 0.320 e. The Bertz CT molecular complexity index is 618. The second kappa shape index (κ2) is 7.13. The Hall–Kier alpha value is -1.57. The van der Waals surface area contributed by atoms with Crippen molar-refractivity contribution in [3.8, 4) is 0 Å². The van der Waals surface area contributed by atoms with Crippen molar-refractivity contribution < 1.29 is 18.6 Å². The Balaban J connectivity index is 2.30. The van der Waals surface area contributed by atoms with Crippen molar-refractivity contribution in [3.05, 3.63) is 30.1 Å². The van der Waals surface area contributed by atoms with Gasteiger partial charge in [-0.3, -0.25) is 9.47 Å². The number of alkyl halides is 2. The van der Waals surface area contributed by atoms with Gasteiger partial charge in [0.05, 0.1) is 29.8 Å². The molecule has 0 saturated heterocycles. The lowest BCUT2D eigenvalue weighted by atomic mass is 10.2. The number of aliphatic hydroxyl groups excluding tert-OH is 1. The number of methoxy groups -OCH3 is 1. The van der Waals surface area contributed by atoms with Crippen molar-refractivity contribution in [1.82, 2.24) is 14.5 Å². The van der Waals surface area contributed by atoms with Crippen LogP contribution in [0.15, 0.2) is 24.3 Å². The summed E-state index contributed by atoms with van der Waals surface area (Å²) in [6.07, 6.45) is -0.679. The molecule has 1 aromatic carbocycles. The van der Waals surface area contributed by atoms with E-state index in [-0.39, 0.29) is 18.5 Å². The van der Waals surface area contributed by atoms with Gasteiger partial charge in [-0.15, -0.1) is 0 Å². The first-order valence-corrected chi connectivity index (χ1v) is 7.08. The number of nitrogens with zero attached hydrogens (tertiary/aromatic N) is 3. The van der Waals surface area contributed by atoms with Crippen LogP contribution in [0.3, 0.4) is 0 Å². The molecule has 2 rings (SSSR count). The molecule has 0 bridgehead atoms. The highest BCUT2D eigenvalue weighted by atomic mass is 19.3. The molecule has 0 aliphatic rings. The summed E-state index contributed by atoms with van der Waals surface area (Å²) in [5.74, 6) is 0.281. The van der Waals surface area contributed by atoms with Crippen molar-refractivity contribution >= 4 is 11.0 Å². The summed E-state index contributed by atoms with van der Waals surface area (Å²) in [5.41, 5.74) is 0.945. The van der Waals surface area contributed by atoms with Crippen LogP contribution in [-0.4, -0.2) is 53.0 Å². The third-order valence-electron chi connectivity index (χ3n) is 3.71. The molecule has 7 heteroatoms. The van der Waals surface area contributed by atoms with Crippen LogP contribution in [0.2, 0.25) is 0 Å². The predicted molar refractivity (Wildman–Crippen MR) is 79.9 cm³/mol. The van der Waals surface area contributed by atoms with Gasteiger partial charge in [-0.25, -0.2) is 4.98 Å². The van der Waals surface area contributed by atoms with Gasteiger partial charge in [0.1, 0.15) is 5.82 Å². The first-order valence-electron chi connectivity index (χ1n) is 7.08. The molecular weight excluding hydrogens is 292 g/mol. The van der Waals surface area contributed by atoms with E-state index < -0.39 is 12.7 Å². The summed E-state index contributed by atoms with van der Waals surface area (Å²) in [6.45, 7) is -0.370. The largest absolute Gasteiger partial charge is 0.389 e. The topological polar surface area (TPSA) is 50.5 Å². The Morgan fingerprint density at radius 1 is 1.36 bits per heavy atom. The fourth-order valence-electron chi connectivity index (χ4n) is 2.50. The lowest BCUT2D eigenvalue weighted by Gasteiger charge is -2.26. The Kier molecular flexibility index (Phi) is 5.44. The second-order valence-electron chi connectivity index (χ2n) is 5.33. The molecule has 2 unspecified atom stereocenters. The van der Waals surface area contributed by atoms with E-state index in [1.165, 1.54) is 7.11 Å². The van der Waals surface area contributed by atoms with Crippen LogP contribution in [0, 0.1) is 0 Å². The number of likely N-dealkylation sites (N-methyl/N-ethyl adjacent to an activating group) is 1. The predicted octanol–water partition coefficient (Wildman–Crippen LogP) is 2.43. The fraction of sp³-hybridized carbons (Fsp3) is 0.533. The molecule has 1 heterocycles. The van der Waals surface area contributed by atoms with Gasteiger partial charge in [0.25, 0.3) is 0 Å². The third kappa shape index (κ3) is 3.43. The summed E-state index contributed by atoms with van der Waals surface area (Å²) in [5, 5.41) is 9.79. The number of aliphatic hydroxyl groups is 1. The number of para-hydroxylation sites is 2. The molecule has 1 aromatic heterocycles. The smallest absolute Gasteiger partial charge is 0.320 e. The van der Waals surface area contributed by atoms with Gasteiger partial charge >= 0.3 is 6.55 Å². The lowest BCUT2D eigenvalue weighted by molar-refractivity contribution is 0.0307. The zero-order valence-electron chi connectivity index (χ0n) is 12.9. The number of hydrogen-bond donors (Lipinski definition) is 1. The lowest BCUT2D eigenvalue weighted by Crippen LogP contribution is -2.34. The minimum atomic E-state index is -2.66. The SMILES string of the molecule is COCC(O)CN(C)C(C)c1nc2ccccc2n1C(F)F. The van der Waals surface area contributed by atoms with E-state index >= 15 is 0 Å². The summed E-state index contributed by atoms with van der Waals surface area (Å²) < 4.78 is 32.7. The first-order chi connectivity index (χ1) is 10.5. The fourth-order valence-corrected chi connectivity index (χ4v) is 2.50. The number of hydrogen-bond acceptors (Lipinski definition) is 4. The van der Waals surface area contributed by atoms with Gasteiger partial charge in [-0.2, -0.15) is 8.78 Å². The van der Waals surface area contributed by atoms with Gasteiger partial charge in [0.2, 0.25) is 0 Å². The Morgan fingerprint density at radius 2 is 2.05 bits per heavy atom. The highest BCUT2D eigenvalue weighted by Crippen LogP contribution is 2.28. The van der Waals surface area contributed by atoms with E-state index in [0.29, 0.717) is 17.6 Å². The molecular formula is C15H21F2N3O2. The molecule has 2 aromatic rings. The molecule has 0 aliphatic carbocycles. The average molecular weight is 313 g/mol. The molecule has 0 fully saturated rings. The minimum Gasteiger partial charge on any atom is -0.389 e. The van der Waals surface area contributed by atoms with Crippen LogP contribution >= 0.6 is 0 Å². The van der Waals surface area contributed by atoms with Gasteiger partial charge in [0.15, 0.2) is 0 Å². The Morgan fingerprint density at radius 3 is 2.68 bits per heavy atom. The van der Waals surface area contributed by atoms with Crippen LogP contribution in [-0.2, 0) is 4.74 Å². The summed E-state index contributed by atoms with van der Waals surface area (Å²) in [6, 6.07) is 6.46. The van der Waals surface area contributed by atoms with Crippen LogP contribution in [0.25, 0.3) is 11.0 Å². The Labute approximate surface area is 128 Å². The van der Waals surface area contributed by atoms with Gasteiger partial charge < -0.3 is 9.84 Å². The van der Waals surface area contributed by atoms with E-state index in [2.05, 4.69) is 4.98 Å². The van der Waals surface area contributed by atoms with Crippen molar-refractivity contribution in [3.63, 3.8) is 0 Å². The van der Waals surface area contributed by atoms with E-state index in [4.69, 9.17) is 4.74 Å². The molecule has 1 N–H and O–H groups in total. The van der Waals surface area contributed by atoms with Gasteiger partial charge in [-0.05, 0) is 26.1 Å². The molecule has 0 amide bonds. The molecule has 0 saturated carbocycles. The van der Waals surface area contributed by atoms with Crippen molar-refractivity contribution in [1.29, 1.82) is 0 Å². The number of halogens is 2. The van der Waals surface area contributed by atoms with Crippen molar-refractivity contribution in [2.75, 3.05) is 27.3 Å². The number of aromatic nitrogens is 2. The molecule has 22 heavy (non-hydrogen) atoms. The zero-order valence-corrected chi connectivity index (χ0v) is 12.9. The monoisotopic (exact) mass is 313 g/mol. The number of imidazole rings is 1. The minimum absolute atomic E-state index is 0.197. The maximum absolute atomic E-state index is 13.4. The van der Waals surface area contributed by atoms with Gasteiger partial charge in [0, 0.05) is 13.7 Å². The average Bonchev–Trinajstić information content (AvgIpc) is 2.85. The van der Waals surface area contributed by atoms with E-state index in [1.54, 1.807) is 43.1 Å². The van der Waals surface area contributed by atoms with Crippen LogP contribution in [0.4, 0.5) is 8.78 Å². The van der Waals surface area contributed by atoms with E-state index in [1.807, 2.05) is 0 Å². The summed E-state index contributed by atoms with van der Waals surface area (Å²) in [7, 11) is 3.27. The number of rotatable bonds is 7. The highest BCUT2D eigenvalue weighted by molar-refractivity contribution is 5.76. The molecule has 2 atom stereocenters. The molecule has 122 valence electrons. The molecule has 0 radical (unpaired) electrons. The first kappa shape index (κ1) is 16.8. The van der Waals surface area contributed by atoms with Crippen LogP contribution in [0.5, 0.6) is 0 Å². The van der Waals surface area contributed by atoms with E-state index in [0.717, 1.165) is 4.57 Å². The third-order valence-corrected chi connectivity index (χ3v) is 3.71. The molecule has 5 nitrogen and oxygen atoms in total. The number of ether oxygens (including phenoxy) is 1. The molecule has 0 spiro atoms. The van der Waals surface area contributed by atoms with Crippen molar-refractivity contribution in [2.24, 2.45) is 0 Å². The quantitative estimate of drug-likeness (QED) is 0.853. The number of benzene rings is 1. The number of fused-ring (bicyclic) bond motifs is 1. The normalized spacial score (nSPS) is 14.9. The van der Waals surface area contributed by atoms with E-state index in [9.17, 15) is 13.9 Å². The summed E-state index contributed by atoms with van der Waals surface area (Å²) in [4.78, 5) is 6.12. The zero-order chi connectivity index (χ0) is 16.3. The highest BCUT2D eigenvalue weighted by Gasteiger charge is 2.25. The summed E-state index contributed by atoms with van der Waals surface area (Å²) >= 11 is 0. The standard InChI is InChI=1S/C15H21F2N3O2/c1-10(19(2)8-11(21)9-22-3)14-18-12-6-4-5-7-13(12)20(14)15(16)17/h4-7,10-11,15,21H,8-9H2,1-3H3. The van der Waals surface area contributed by atoms with Gasteiger partial charge in [-0.1, -0.05) is 12.1 Å². The van der Waals surface area contributed by atoms with Crippen LogP contribution < -0.4 is 0 Å². The van der Waals surface area contributed by atoms with Crippen LogP contribution in [0.1, 0.15) is 25.3 Å². The molecule has 0 aliphatic heterocycles. The maximum atomic E-state index is 13.4. The second-order valence-corrected chi connectivity index (χ2v) is 5.33. The van der Waals surface area contributed by atoms with Crippen molar-refractivity contribution in [2.45, 2.75) is 25.6 Å².